The molecular weight excluding hydrogens is 329 g/mol. The van der Waals surface area contributed by atoms with E-state index in [1.54, 1.807) is 12.1 Å². The third-order valence-electron chi connectivity index (χ3n) is 5.33. The lowest BCUT2D eigenvalue weighted by molar-refractivity contribution is 0.0730. The topological polar surface area (TPSA) is 29.5 Å². The second kappa shape index (κ2) is 7.48. The molecule has 0 aliphatic heterocycles. The van der Waals surface area contributed by atoms with E-state index in [1.165, 1.54) is 31.4 Å². The van der Waals surface area contributed by atoms with Crippen molar-refractivity contribution in [1.82, 2.24) is 4.90 Å². The van der Waals surface area contributed by atoms with Gasteiger partial charge < -0.3 is 9.64 Å². The molecule has 4 rings (SSSR count). The molecule has 2 aromatic carbocycles. The summed E-state index contributed by atoms with van der Waals surface area (Å²) in [6.45, 7) is 1.38. The summed E-state index contributed by atoms with van der Waals surface area (Å²) in [5.74, 6) is 1.26. The highest BCUT2D eigenvalue weighted by atomic mass is 19.1. The maximum atomic E-state index is 13.1. The molecule has 0 spiro atoms. The number of amides is 1. The first kappa shape index (κ1) is 17.1. The number of benzene rings is 2. The lowest BCUT2D eigenvalue weighted by atomic mass is 9.86. The van der Waals surface area contributed by atoms with Gasteiger partial charge in [0, 0.05) is 18.2 Å². The Hall–Kier alpha value is -2.36. The second-order valence-electron chi connectivity index (χ2n) is 7.42. The summed E-state index contributed by atoms with van der Waals surface area (Å²) in [6.07, 6.45) is 5.96. The molecule has 0 N–H and O–H groups in total. The summed E-state index contributed by atoms with van der Waals surface area (Å²) in [5, 5.41) is 0. The molecule has 2 aliphatic carbocycles. The van der Waals surface area contributed by atoms with Gasteiger partial charge in [-0.3, -0.25) is 4.79 Å². The maximum absolute atomic E-state index is 13.1. The number of nitrogens with zero attached hydrogens (tertiary/aromatic N) is 1. The standard InChI is InChI=1S/C22H24FNO2/c23-19-8-6-18(7-9-19)22(25)24(20-10-11-20)14-16-4-12-21(13-5-16)26-15-17-2-1-3-17/h4-9,12-13,17,20H,1-3,10-11,14-15H2. The predicted octanol–water partition coefficient (Wildman–Crippen LogP) is 4.81. The molecule has 3 nitrogen and oxygen atoms in total. The third kappa shape index (κ3) is 4.06. The molecule has 136 valence electrons. The van der Waals surface area contributed by atoms with E-state index in [1.807, 2.05) is 29.2 Å². The van der Waals surface area contributed by atoms with Gasteiger partial charge in [0.1, 0.15) is 11.6 Å². The largest absolute Gasteiger partial charge is 0.493 e. The molecule has 26 heavy (non-hydrogen) atoms. The summed E-state index contributed by atoms with van der Waals surface area (Å²) >= 11 is 0. The van der Waals surface area contributed by atoms with Crippen LogP contribution in [0.5, 0.6) is 5.75 Å². The molecule has 0 aromatic heterocycles. The lowest BCUT2D eigenvalue weighted by Gasteiger charge is -2.25. The minimum absolute atomic E-state index is 0.0298. The average Bonchev–Trinajstić information content (AvgIpc) is 3.45. The van der Waals surface area contributed by atoms with Gasteiger partial charge in [-0.15, -0.1) is 0 Å². The average molecular weight is 353 g/mol. The molecule has 2 fully saturated rings. The monoisotopic (exact) mass is 353 g/mol. The van der Waals surface area contributed by atoms with Crippen LogP contribution in [-0.2, 0) is 6.54 Å². The van der Waals surface area contributed by atoms with Gasteiger partial charge in [-0.1, -0.05) is 18.6 Å². The van der Waals surface area contributed by atoms with E-state index < -0.39 is 0 Å². The number of rotatable bonds is 7. The highest BCUT2D eigenvalue weighted by Crippen LogP contribution is 2.30. The minimum Gasteiger partial charge on any atom is -0.493 e. The van der Waals surface area contributed by atoms with E-state index in [9.17, 15) is 9.18 Å². The van der Waals surface area contributed by atoms with Gasteiger partial charge in [0.2, 0.25) is 0 Å². The van der Waals surface area contributed by atoms with Crippen LogP contribution in [0, 0.1) is 11.7 Å². The number of ether oxygens (including phenoxy) is 1. The first-order valence-corrected chi connectivity index (χ1v) is 9.47. The van der Waals surface area contributed by atoms with Crippen LogP contribution in [0.15, 0.2) is 48.5 Å². The Morgan fingerprint density at radius 3 is 2.27 bits per heavy atom. The van der Waals surface area contributed by atoms with Crippen LogP contribution in [0.4, 0.5) is 4.39 Å². The van der Waals surface area contributed by atoms with Crippen LogP contribution >= 0.6 is 0 Å². The van der Waals surface area contributed by atoms with Crippen molar-refractivity contribution in [3.63, 3.8) is 0 Å². The Morgan fingerprint density at radius 2 is 1.69 bits per heavy atom. The number of hydrogen-bond acceptors (Lipinski definition) is 2. The van der Waals surface area contributed by atoms with Crippen molar-refractivity contribution in [2.24, 2.45) is 5.92 Å². The zero-order valence-corrected chi connectivity index (χ0v) is 14.9. The van der Waals surface area contributed by atoms with E-state index in [2.05, 4.69) is 0 Å². The molecule has 0 heterocycles. The minimum atomic E-state index is -0.322. The molecule has 0 unspecified atom stereocenters. The Labute approximate surface area is 153 Å². The van der Waals surface area contributed by atoms with Gasteiger partial charge >= 0.3 is 0 Å². The number of hydrogen-bond donors (Lipinski definition) is 0. The molecule has 2 saturated carbocycles. The Kier molecular flexibility index (Phi) is 4.91. The van der Waals surface area contributed by atoms with Crippen LogP contribution in [-0.4, -0.2) is 23.5 Å². The Morgan fingerprint density at radius 1 is 1.00 bits per heavy atom. The van der Waals surface area contributed by atoms with Gasteiger partial charge in [0.15, 0.2) is 0 Å². The number of halogens is 1. The fourth-order valence-electron chi connectivity index (χ4n) is 3.27. The zero-order chi connectivity index (χ0) is 17.9. The van der Waals surface area contributed by atoms with Crippen molar-refractivity contribution in [2.45, 2.75) is 44.7 Å². The van der Waals surface area contributed by atoms with Crippen LogP contribution < -0.4 is 4.74 Å². The first-order valence-electron chi connectivity index (χ1n) is 9.47. The van der Waals surface area contributed by atoms with Crippen molar-refractivity contribution in [3.8, 4) is 5.75 Å². The smallest absolute Gasteiger partial charge is 0.254 e. The highest BCUT2D eigenvalue weighted by Gasteiger charge is 2.33. The number of carbonyl (C=O) groups excluding carboxylic acids is 1. The van der Waals surface area contributed by atoms with E-state index in [0.29, 0.717) is 24.1 Å². The molecular formula is C22H24FNO2. The summed E-state index contributed by atoms with van der Waals surface area (Å²) in [7, 11) is 0. The fraction of sp³-hybridized carbons (Fsp3) is 0.409. The van der Waals surface area contributed by atoms with Crippen molar-refractivity contribution in [2.75, 3.05) is 6.61 Å². The number of carbonyl (C=O) groups is 1. The normalized spacial score (nSPS) is 16.8. The molecule has 0 radical (unpaired) electrons. The van der Waals surface area contributed by atoms with Gasteiger partial charge in [-0.2, -0.15) is 0 Å². The first-order chi connectivity index (χ1) is 12.7. The molecule has 0 bridgehead atoms. The van der Waals surface area contributed by atoms with Gasteiger partial charge in [0.05, 0.1) is 6.61 Å². The van der Waals surface area contributed by atoms with E-state index >= 15 is 0 Å². The molecule has 4 heteroatoms. The molecule has 2 aliphatic rings. The summed E-state index contributed by atoms with van der Waals surface area (Å²) in [6, 6.07) is 14.1. The van der Waals surface area contributed by atoms with Crippen molar-refractivity contribution < 1.29 is 13.9 Å². The quantitative estimate of drug-likeness (QED) is 0.715. The summed E-state index contributed by atoms with van der Waals surface area (Å²) < 4.78 is 19.0. The molecule has 0 atom stereocenters. The third-order valence-corrected chi connectivity index (χ3v) is 5.33. The van der Waals surface area contributed by atoms with Crippen LogP contribution in [0.3, 0.4) is 0 Å². The second-order valence-corrected chi connectivity index (χ2v) is 7.42. The molecule has 0 saturated heterocycles. The molecule has 2 aromatic rings. The molecule has 1 amide bonds. The van der Waals surface area contributed by atoms with Crippen LogP contribution in [0.25, 0.3) is 0 Å². The summed E-state index contributed by atoms with van der Waals surface area (Å²) in [5.41, 5.74) is 1.63. The van der Waals surface area contributed by atoms with Crippen LogP contribution in [0.1, 0.15) is 48.0 Å². The zero-order valence-electron chi connectivity index (χ0n) is 14.9. The Bertz CT molecular complexity index is 749. The van der Waals surface area contributed by atoms with Gasteiger partial charge in [-0.05, 0) is 73.6 Å². The van der Waals surface area contributed by atoms with Crippen LogP contribution in [0.2, 0.25) is 0 Å². The van der Waals surface area contributed by atoms with Gasteiger partial charge in [0.25, 0.3) is 5.91 Å². The van der Waals surface area contributed by atoms with Gasteiger partial charge in [-0.25, -0.2) is 4.39 Å². The summed E-state index contributed by atoms with van der Waals surface area (Å²) in [4.78, 5) is 14.7. The van der Waals surface area contributed by atoms with Crippen molar-refractivity contribution in [3.05, 3.63) is 65.5 Å². The SMILES string of the molecule is O=C(c1ccc(F)cc1)N(Cc1ccc(OCC2CCC2)cc1)C1CC1. The van der Waals surface area contributed by atoms with E-state index in [0.717, 1.165) is 30.8 Å². The lowest BCUT2D eigenvalue weighted by Crippen LogP contribution is -2.32. The predicted molar refractivity (Wildman–Crippen MR) is 98.6 cm³/mol. The Balaban J connectivity index is 1.39. The van der Waals surface area contributed by atoms with Crippen molar-refractivity contribution >= 4 is 5.91 Å². The fourth-order valence-corrected chi connectivity index (χ4v) is 3.27. The van der Waals surface area contributed by atoms with E-state index in [-0.39, 0.29) is 11.7 Å². The van der Waals surface area contributed by atoms with E-state index in [4.69, 9.17) is 4.74 Å². The highest BCUT2D eigenvalue weighted by molar-refractivity contribution is 5.94. The van der Waals surface area contributed by atoms with Crippen molar-refractivity contribution in [1.29, 1.82) is 0 Å². The maximum Gasteiger partial charge on any atom is 0.254 e.